The highest BCUT2D eigenvalue weighted by atomic mass is 16.5. The lowest BCUT2D eigenvalue weighted by Crippen LogP contribution is -1.91. The zero-order chi connectivity index (χ0) is 13.9. The van der Waals surface area contributed by atoms with E-state index in [0.717, 1.165) is 16.8 Å². The van der Waals surface area contributed by atoms with E-state index in [1.54, 1.807) is 12.5 Å². The molecule has 6 nitrogen and oxygen atoms in total. The molecule has 6 heteroatoms. The molecule has 0 radical (unpaired) electrons. The first-order chi connectivity index (χ1) is 9.79. The van der Waals surface area contributed by atoms with E-state index in [1.165, 1.54) is 0 Å². The van der Waals surface area contributed by atoms with Gasteiger partial charge in [0, 0.05) is 12.6 Å². The van der Waals surface area contributed by atoms with Gasteiger partial charge in [0.2, 0.25) is 5.82 Å². The molecule has 0 bridgehead atoms. The number of imidazole rings is 1. The van der Waals surface area contributed by atoms with Gasteiger partial charge in [-0.25, -0.2) is 4.98 Å². The summed E-state index contributed by atoms with van der Waals surface area (Å²) in [5.74, 6) is 0.888. The van der Waals surface area contributed by atoms with E-state index in [-0.39, 0.29) is 0 Å². The molecule has 98 valence electrons. The number of nitrogens with zero attached hydrogens (tertiary/aromatic N) is 5. The SMILES string of the molecule is Cn1cncc1-c1noc(-c2ccccc2CC#N)n1. The predicted molar refractivity (Wildman–Crippen MR) is 71.3 cm³/mol. The maximum Gasteiger partial charge on any atom is 0.258 e. The van der Waals surface area contributed by atoms with Crippen molar-refractivity contribution in [3.63, 3.8) is 0 Å². The standard InChI is InChI=1S/C14H11N5O/c1-19-9-16-8-12(19)13-17-14(20-18-13)11-5-3-2-4-10(11)6-7-15/h2-5,8-9H,6H2,1H3. The van der Waals surface area contributed by atoms with Crippen molar-refractivity contribution < 1.29 is 4.52 Å². The zero-order valence-corrected chi connectivity index (χ0v) is 10.8. The zero-order valence-electron chi connectivity index (χ0n) is 10.8. The third-order valence-electron chi connectivity index (χ3n) is 2.99. The normalized spacial score (nSPS) is 10.4. The first kappa shape index (κ1) is 12.1. The van der Waals surface area contributed by atoms with Crippen molar-refractivity contribution in [2.45, 2.75) is 6.42 Å². The summed E-state index contributed by atoms with van der Waals surface area (Å²) in [6.07, 6.45) is 3.66. The van der Waals surface area contributed by atoms with Gasteiger partial charge in [0.1, 0.15) is 5.69 Å². The Morgan fingerprint density at radius 2 is 2.20 bits per heavy atom. The van der Waals surface area contributed by atoms with Gasteiger partial charge >= 0.3 is 0 Å². The fourth-order valence-corrected chi connectivity index (χ4v) is 1.98. The summed E-state index contributed by atoms with van der Waals surface area (Å²) >= 11 is 0. The Morgan fingerprint density at radius 1 is 1.35 bits per heavy atom. The third-order valence-corrected chi connectivity index (χ3v) is 2.99. The van der Waals surface area contributed by atoms with Crippen LogP contribution in [0, 0.1) is 11.3 Å². The van der Waals surface area contributed by atoms with Gasteiger partial charge in [-0.05, 0) is 11.6 Å². The second kappa shape index (κ2) is 4.97. The molecule has 0 aliphatic rings. The van der Waals surface area contributed by atoms with Gasteiger partial charge in [-0.2, -0.15) is 10.2 Å². The summed E-state index contributed by atoms with van der Waals surface area (Å²) in [4.78, 5) is 8.40. The topological polar surface area (TPSA) is 80.5 Å². The molecule has 20 heavy (non-hydrogen) atoms. The van der Waals surface area contributed by atoms with Crippen molar-refractivity contribution in [2.24, 2.45) is 7.05 Å². The quantitative estimate of drug-likeness (QED) is 0.725. The number of aromatic nitrogens is 4. The number of hydrogen-bond donors (Lipinski definition) is 0. The van der Waals surface area contributed by atoms with E-state index in [4.69, 9.17) is 9.78 Å². The Bertz CT molecular complexity index is 781. The molecule has 3 aromatic rings. The van der Waals surface area contributed by atoms with Crippen LogP contribution in [0.25, 0.3) is 23.0 Å². The molecule has 0 N–H and O–H groups in total. The number of benzene rings is 1. The monoisotopic (exact) mass is 265 g/mol. The molecule has 0 fully saturated rings. The van der Waals surface area contributed by atoms with Gasteiger partial charge in [-0.3, -0.25) is 0 Å². The van der Waals surface area contributed by atoms with Crippen molar-refractivity contribution in [3.8, 4) is 29.0 Å². The fourth-order valence-electron chi connectivity index (χ4n) is 1.98. The van der Waals surface area contributed by atoms with Gasteiger partial charge in [-0.1, -0.05) is 23.4 Å². The summed E-state index contributed by atoms with van der Waals surface area (Å²) in [7, 11) is 1.86. The summed E-state index contributed by atoms with van der Waals surface area (Å²) in [5.41, 5.74) is 2.43. The highest BCUT2D eigenvalue weighted by molar-refractivity contribution is 5.61. The summed E-state index contributed by atoms with van der Waals surface area (Å²) < 4.78 is 7.12. The Labute approximate surface area is 115 Å². The fraction of sp³-hybridized carbons (Fsp3) is 0.143. The summed E-state index contributed by atoms with van der Waals surface area (Å²) in [5, 5.41) is 12.8. The van der Waals surface area contributed by atoms with Gasteiger partial charge in [-0.15, -0.1) is 0 Å². The van der Waals surface area contributed by atoms with Gasteiger partial charge < -0.3 is 9.09 Å². The molecule has 0 aliphatic heterocycles. The Hall–Kier alpha value is -2.94. The van der Waals surface area contributed by atoms with Crippen LogP contribution in [0.4, 0.5) is 0 Å². The van der Waals surface area contributed by atoms with Crippen LogP contribution in [0.15, 0.2) is 41.3 Å². The molecule has 0 amide bonds. The summed E-state index contributed by atoms with van der Waals surface area (Å²) in [6, 6.07) is 9.65. The molecule has 2 aromatic heterocycles. The van der Waals surface area contributed by atoms with Crippen molar-refractivity contribution in [2.75, 3.05) is 0 Å². The molecule has 3 rings (SSSR count). The lowest BCUT2D eigenvalue weighted by molar-refractivity contribution is 0.431. The maximum atomic E-state index is 8.85. The first-order valence-electron chi connectivity index (χ1n) is 6.05. The molecule has 0 saturated carbocycles. The molecule has 0 spiro atoms. The Morgan fingerprint density at radius 3 is 2.95 bits per heavy atom. The number of hydrogen-bond acceptors (Lipinski definition) is 5. The van der Waals surface area contributed by atoms with Crippen molar-refractivity contribution in [1.29, 1.82) is 5.26 Å². The smallest absolute Gasteiger partial charge is 0.258 e. The molecule has 0 saturated heterocycles. The lowest BCUT2D eigenvalue weighted by atomic mass is 10.1. The summed E-state index contributed by atoms with van der Waals surface area (Å²) in [6.45, 7) is 0. The maximum absolute atomic E-state index is 8.85. The minimum Gasteiger partial charge on any atom is -0.334 e. The molecular weight excluding hydrogens is 254 g/mol. The van der Waals surface area contributed by atoms with Crippen LogP contribution >= 0.6 is 0 Å². The molecule has 0 aliphatic carbocycles. The second-order valence-electron chi connectivity index (χ2n) is 4.30. The van der Waals surface area contributed by atoms with Crippen LogP contribution < -0.4 is 0 Å². The van der Waals surface area contributed by atoms with Crippen LogP contribution in [-0.2, 0) is 13.5 Å². The first-order valence-corrected chi connectivity index (χ1v) is 6.05. The highest BCUT2D eigenvalue weighted by Crippen LogP contribution is 2.25. The van der Waals surface area contributed by atoms with Crippen LogP contribution in [0.1, 0.15) is 5.56 Å². The minimum absolute atomic E-state index is 0.305. The van der Waals surface area contributed by atoms with Crippen molar-refractivity contribution >= 4 is 0 Å². The van der Waals surface area contributed by atoms with Crippen molar-refractivity contribution in [3.05, 3.63) is 42.4 Å². The van der Waals surface area contributed by atoms with E-state index in [0.29, 0.717) is 18.1 Å². The van der Waals surface area contributed by atoms with Gasteiger partial charge in [0.15, 0.2) is 0 Å². The minimum atomic E-state index is 0.305. The van der Waals surface area contributed by atoms with Crippen LogP contribution in [0.2, 0.25) is 0 Å². The van der Waals surface area contributed by atoms with E-state index in [2.05, 4.69) is 21.2 Å². The second-order valence-corrected chi connectivity index (χ2v) is 4.30. The van der Waals surface area contributed by atoms with Crippen LogP contribution in [0.5, 0.6) is 0 Å². The molecule has 0 unspecified atom stereocenters. The number of aryl methyl sites for hydroxylation is 1. The molecule has 2 heterocycles. The average Bonchev–Trinajstić information content (AvgIpc) is 3.08. The van der Waals surface area contributed by atoms with E-state index in [1.807, 2.05) is 35.9 Å². The van der Waals surface area contributed by atoms with Crippen LogP contribution in [0.3, 0.4) is 0 Å². The third kappa shape index (κ3) is 2.06. The van der Waals surface area contributed by atoms with Gasteiger partial charge in [0.25, 0.3) is 5.89 Å². The molecule has 1 aromatic carbocycles. The number of rotatable bonds is 3. The predicted octanol–water partition coefficient (Wildman–Crippen LogP) is 2.20. The molecular formula is C14H11N5O. The van der Waals surface area contributed by atoms with E-state index >= 15 is 0 Å². The lowest BCUT2D eigenvalue weighted by Gasteiger charge is -2.00. The van der Waals surface area contributed by atoms with E-state index in [9.17, 15) is 0 Å². The van der Waals surface area contributed by atoms with E-state index < -0.39 is 0 Å². The molecule has 0 atom stereocenters. The van der Waals surface area contributed by atoms with Crippen LogP contribution in [-0.4, -0.2) is 19.7 Å². The van der Waals surface area contributed by atoms with Gasteiger partial charge in [0.05, 0.1) is 25.0 Å². The number of nitriles is 1. The Kier molecular flexibility index (Phi) is 3.01. The average molecular weight is 265 g/mol. The van der Waals surface area contributed by atoms with Crippen molar-refractivity contribution in [1.82, 2.24) is 19.7 Å². The Balaban J connectivity index is 2.03. The highest BCUT2D eigenvalue weighted by Gasteiger charge is 2.15. The largest absolute Gasteiger partial charge is 0.334 e.